The summed E-state index contributed by atoms with van der Waals surface area (Å²) >= 11 is 6.11. The molecule has 19 heavy (non-hydrogen) atoms. The second kappa shape index (κ2) is 5.14. The van der Waals surface area contributed by atoms with Crippen molar-refractivity contribution in [2.45, 2.75) is 31.7 Å². The number of likely N-dealkylation sites (N-methyl/N-ethyl adjacent to an activating group) is 1. The summed E-state index contributed by atoms with van der Waals surface area (Å²) < 4.78 is 2.38. The average molecular weight is 278 g/mol. The summed E-state index contributed by atoms with van der Waals surface area (Å²) in [6.07, 6.45) is 2.46. The summed E-state index contributed by atoms with van der Waals surface area (Å²) in [7, 11) is 2.19. The maximum Gasteiger partial charge on any atom is 0.125 e. The number of benzene rings is 1. The monoisotopic (exact) mass is 277 g/mol. The summed E-state index contributed by atoms with van der Waals surface area (Å²) in [5.74, 6) is 1.49. The van der Waals surface area contributed by atoms with Crippen LogP contribution in [0.15, 0.2) is 18.2 Å². The summed E-state index contributed by atoms with van der Waals surface area (Å²) in [6, 6.07) is 6.81. The number of aryl methyl sites for hydroxylation is 1. The van der Waals surface area contributed by atoms with Gasteiger partial charge in [0.25, 0.3) is 0 Å². The highest BCUT2D eigenvalue weighted by Crippen LogP contribution is 2.29. The molecule has 2 heterocycles. The highest BCUT2D eigenvalue weighted by atomic mass is 35.5. The van der Waals surface area contributed by atoms with Gasteiger partial charge in [-0.1, -0.05) is 12.1 Å². The molecule has 1 atom stereocenters. The molecular weight excluding hydrogens is 258 g/mol. The van der Waals surface area contributed by atoms with Crippen LogP contribution in [-0.2, 0) is 5.88 Å². The summed E-state index contributed by atoms with van der Waals surface area (Å²) in [5.41, 5.74) is 3.62. The first kappa shape index (κ1) is 12.9. The molecule has 0 spiro atoms. The van der Waals surface area contributed by atoms with Crippen LogP contribution in [0.1, 0.15) is 30.3 Å². The third kappa shape index (κ3) is 2.26. The van der Waals surface area contributed by atoms with Crippen LogP contribution in [0.3, 0.4) is 0 Å². The number of aromatic nitrogens is 2. The van der Waals surface area contributed by atoms with Gasteiger partial charge in [-0.3, -0.25) is 0 Å². The number of fused-ring (bicyclic) bond motifs is 1. The smallest absolute Gasteiger partial charge is 0.125 e. The van der Waals surface area contributed by atoms with E-state index in [4.69, 9.17) is 16.6 Å². The first-order valence-corrected chi connectivity index (χ1v) is 7.45. The molecule has 0 amide bonds. The number of alkyl halides is 1. The number of para-hydroxylation sites is 1. The first-order valence-electron chi connectivity index (χ1n) is 6.91. The van der Waals surface area contributed by atoms with Gasteiger partial charge in [0.15, 0.2) is 0 Å². The topological polar surface area (TPSA) is 21.1 Å². The Bertz CT molecular complexity index is 590. The van der Waals surface area contributed by atoms with Gasteiger partial charge in [0.2, 0.25) is 0 Å². The van der Waals surface area contributed by atoms with Crippen LogP contribution in [0.25, 0.3) is 11.0 Å². The van der Waals surface area contributed by atoms with Gasteiger partial charge in [-0.05, 0) is 45.0 Å². The quantitative estimate of drug-likeness (QED) is 0.785. The number of piperidine rings is 1. The van der Waals surface area contributed by atoms with Crippen LogP contribution in [0.2, 0.25) is 0 Å². The number of nitrogens with zero attached hydrogens (tertiary/aromatic N) is 3. The molecule has 1 fully saturated rings. The average Bonchev–Trinajstić information content (AvgIpc) is 2.78. The van der Waals surface area contributed by atoms with Crippen molar-refractivity contribution >= 4 is 22.6 Å². The molecule has 1 aromatic carbocycles. The van der Waals surface area contributed by atoms with Gasteiger partial charge in [0, 0.05) is 12.6 Å². The standard InChI is InChI=1S/C15H20ClN3/c1-11-5-3-7-13-15(11)19(14(9-16)17-13)12-6-4-8-18(2)10-12/h3,5,7,12H,4,6,8-10H2,1-2H3. The molecule has 1 aliphatic heterocycles. The molecule has 1 aromatic heterocycles. The van der Waals surface area contributed by atoms with Crippen molar-refractivity contribution in [1.82, 2.24) is 14.5 Å². The predicted molar refractivity (Wildman–Crippen MR) is 79.8 cm³/mol. The van der Waals surface area contributed by atoms with Crippen molar-refractivity contribution in [1.29, 1.82) is 0 Å². The van der Waals surface area contributed by atoms with Gasteiger partial charge in [0.05, 0.1) is 16.9 Å². The van der Waals surface area contributed by atoms with Gasteiger partial charge in [-0.2, -0.15) is 0 Å². The van der Waals surface area contributed by atoms with Gasteiger partial charge >= 0.3 is 0 Å². The molecule has 0 aliphatic carbocycles. The zero-order chi connectivity index (χ0) is 13.4. The van der Waals surface area contributed by atoms with E-state index in [0.717, 1.165) is 17.9 Å². The van der Waals surface area contributed by atoms with E-state index in [-0.39, 0.29) is 0 Å². The van der Waals surface area contributed by atoms with Crippen LogP contribution in [0, 0.1) is 6.92 Å². The van der Waals surface area contributed by atoms with Crippen molar-refractivity contribution in [2.75, 3.05) is 20.1 Å². The minimum absolute atomic E-state index is 0.480. The molecule has 0 bridgehead atoms. The Hall–Kier alpha value is -1.06. The lowest BCUT2D eigenvalue weighted by atomic mass is 10.1. The fourth-order valence-electron chi connectivity index (χ4n) is 3.21. The molecule has 0 N–H and O–H groups in total. The minimum Gasteiger partial charge on any atom is -0.322 e. The van der Waals surface area contributed by atoms with Crippen LogP contribution >= 0.6 is 11.6 Å². The van der Waals surface area contributed by atoms with Crippen LogP contribution in [0.5, 0.6) is 0 Å². The molecule has 4 heteroatoms. The van der Waals surface area contributed by atoms with Gasteiger partial charge in [0.1, 0.15) is 5.82 Å². The summed E-state index contributed by atoms with van der Waals surface area (Å²) in [6.45, 7) is 4.44. The van der Waals surface area contributed by atoms with E-state index in [2.05, 4.69) is 41.6 Å². The van der Waals surface area contributed by atoms with Crippen LogP contribution < -0.4 is 0 Å². The minimum atomic E-state index is 0.480. The lowest BCUT2D eigenvalue weighted by molar-refractivity contribution is 0.213. The van der Waals surface area contributed by atoms with Crippen molar-refractivity contribution in [2.24, 2.45) is 0 Å². The maximum atomic E-state index is 6.11. The largest absolute Gasteiger partial charge is 0.322 e. The molecule has 0 saturated carbocycles. The van der Waals surface area contributed by atoms with Crippen molar-refractivity contribution < 1.29 is 0 Å². The third-order valence-corrected chi connectivity index (χ3v) is 4.31. The maximum absolute atomic E-state index is 6.11. The molecule has 1 aliphatic rings. The number of halogens is 1. The molecule has 0 radical (unpaired) electrons. The lowest BCUT2D eigenvalue weighted by Gasteiger charge is -2.32. The zero-order valence-electron chi connectivity index (χ0n) is 11.6. The number of likely N-dealkylation sites (tertiary alicyclic amines) is 1. The highest BCUT2D eigenvalue weighted by Gasteiger charge is 2.23. The van der Waals surface area contributed by atoms with E-state index in [1.807, 2.05) is 0 Å². The number of hydrogen-bond donors (Lipinski definition) is 0. The van der Waals surface area contributed by atoms with Crippen molar-refractivity contribution in [3.05, 3.63) is 29.6 Å². The fourth-order valence-corrected chi connectivity index (χ4v) is 3.40. The fraction of sp³-hybridized carbons (Fsp3) is 0.533. The normalized spacial score (nSPS) is 21.1. The first-order chi connectivity index (χ1) is 9.20. The van der Waals surface area contributed by atoms with Gasteiger partial charge in [-0.15, -0.1) is 11.6 Å². The summed E-state index contributed by atoms with van der Waals surface area (Å²) in [5, 5.41) is 0. The van der Waals surface area contributed by atoms with E-state index in [1.165, 1.54) is 30.5 Å². The Labute approximate surface area is 119 Å². The van der Waals surface area contributed by atoms with Gasteiger partial charge < -0.3 is 9.47 Å². The Kier molecular flexibility index (Phi) is 3.50. The number of hydrogen-bond acceptors (Lipinski definition) is 2. The zero-order valence-corrected chi connectivity index (χ0v) is 12.3. The molecule has 2 aromatic rings. The Morgan fingerprint density at radius 3 is 3.00 bits per heavy atom. The van der Waals surface area contributed by atoms with Crippen molar-refractivity contribution in [3.63, 3.8) is 0 Å². The molecule has 1 unspecified atom stereocenters. The Morgan fingerprint density at radius 1 is 1.42 bits per heavy atom. The lowest BCUT2D eigenvalue weighted by Crippen LogP contribution is -2.34. The van der Waals surface area contributed by atoms with Crippen molar-refractivity contribution in [3.8, 4) is 0 Å². The third-order valence-electron chi connectivity index (χ3n) is 4.07. The molecule has 3 nitrogen and oxygen atoms in total. The number of rotatable bonds is 2. The summed E-state index contributed by atoms with van der Waals surface area (Å²) in [4.78, 5) is 7.10. The van der Waals surface area contributed by atoms with E-state index in [0.29, 0.717) is 11.9 Å². The van der Waals surface area contributed by atoms with E-state index in [1.54, 1.807) is 0 Å². The van der Waals surface area contributed by atoms with E-state index >= 15 is 0 Å². The second-order valence-corrected chi connectivity index (χ2v) is 5.80. The molecule has 1 saturated heterocycles. The highest BCUT2D eigenvalue weighted by molar-refractivity contribution is 6.16. The Balaban J connectivity index is 2.14. The molecular formula is C15H20ClN3. The molecule has 102 valence electrons. The second-order valence-electron chi connectivity index (χ2n) is 5.53. The van der Waals surface area contributed by atoms with Gasteiger partial charge in [-0.25, -0.2) is 4.98 Å². The van der Waals surface area contributed by atoms with Crippen LogP contribution in [0.4, 0.5) is 0 Å². The SMILES string of the molecule is Cc1cccc2nc(CCl)n(C3CCCN(C)C3)c12. The van der Waals surface area contributed by atoms with E-state index in [9.17, 15) is 0 Å². The van der Waals surface area contributed by atoms with Crippen LogP contribution in [-0.4, -0.2) is 34.6 Å². The predicted octanol–water partition coefficient (Wildman–Crippen LogP) is 3.35. The van der Waals surface area contributed by atoms with E-state index < -0.39 is 0 Å². The Morgan fingerprint density at radius 2 is 2.26 bits per heavy atom. The molecule has 3 rings (SSSR count). The number of imidazole rings is 1.